The molecule has 0 bridgehead atoms. The van der Waals surface area contributed by atoms with Crippen molar-refractivity contribution in [2.24, 2.45) is 0 Å². The highest BCUT2D eigenvalue weighted by molar-refractivity contribution is 5.68. The summed E-state index contributed by atoms with van der Waals surface area (Å²) in [4.78, 5) is 8.90. The van der Waals surface area contributed by atoms with Crippen LogP contribution in [-0.2, 0) is 0 Å². The first-order valence-corrected chi connectivity index (χ1v) is 11.6. The van der Waals surface area contributed by atoms with Gasteiger partial charge in [-0.15, -0.1) is 0 Å². The van der Waals surface area contributed by atoms with Gasteiger partial charge in [-0.1, -0.05) is 75.9 Å². The molecule has 1 aromatic heterocycles. The Morgan fingerprint density at radius 3 is 1.94 bits per heavy atom. The second kappa shape index (κ2) is 12.8. The Morgan fingerprint density at radius 1 is 0.719 bits per heavy atom. The molecule has 0 aliphatic rings. The lowest BCUT2D eigenvalue weighted by Gasteiger charge is -2.10. The molecule has 3 rings (SSSR count). The van der Waals surface area contributed by atoms with Gasteiger partial charge in [-0.2, -0.15) is 0 Å². The first-order chi connectivity index (χ1) is 15.7. The fraction of sp³-hybridized carbons (Fsp3) is 0.407. The molecule has 4 nitrogen and oxygen atoms in total. The molecule has 1 heterocycles. The van der Waals surface area contributed by atoms with E-state index in [2.05, 4.69) is 16.9 Å². The van der Waals surface area contributed by atoms with E-state index in [0.29, 0.717) is 30.4 Å². The Balaban J connectivity index is 1.52. The number of nitrogens with zero attached hydrogens (tertiary/aromatic N) is 2. The summed E-state index contributed by atoms with van der Waals surface area (Å²) in [5.41, 5.74) is 3.11. The minimum absolute atomic E-state index is 0.0906. The lowest BCUT2D eigenvalue weighted by Crippen LogP contribution is -2.11. The maximum Gasteiger partial charge on any atom is 0.159 e. The summed E-state index contributed by atoms with van der Waals surface area (Å²) in [5.74, 6) is 2.06. The molecule has 0 spiro atoms. The van der Waals surface area contributed by atoms with Crippen LogP contribution in [0.1, 0.15) is 52.4 Å². The van der Waals surface area contributed by atoms with Crippen LogP contribution in [0.4, 0.5) is 4.39 Å². The van der Waals surface area contributed by atoms with Crippen molar-refractivity contribution in [3.05, 3.63) is 60.9 Å². The van der Waals surface area contributed by atoms with E-state index in [4.69, 9.17) is 9.47 Å². The number of aromatic nitrogens is 2. The van der Waals surface area contributed by atoms with Gasteiger partial charge in [0.25, 0.3) is 0 Å². The maximum absolute atomic E-state index is 13.3. The third-order valence-corrected chi connectivity index (χ3v) is 5.35. The van der Waals surface area contributed by atoms with Crippen LogP contribution in [0.3, 0.4) is 0 Å². The zero-order valence-electron chi connectivity index (χ0n) is 19.1. The average Bonchev–Trinajstić information content (AvgIpc) is 2.85. The third-order valence-electron chi connectivity index (χ3n) is 5.35. The standard InChI is InChI=1S/C27H33FN2O2/c1-3-5-6-7-8-17-31-26-18-29-27(30-19-26)23-11-9-21(10-12-23)22-13-15-25(16-14-22)32-20-24(28)4-2/h9-16,18-19,24H,3-8,17,20H2,1-2H3. The van der Waals surface area contributed by atoms with Crippen molar-refractivity contribution >= 4 is 0 Å². The van der Waals surface area contributed by atoms with Crippen molar-refractivity contribution in [1.29, 1.82) is 0 Å². The molecule has 5 heteroatoms. The number of rotatable bonds is 13. The molecule has 0 saturated heterocycles. The van der Waals surface area contributed by atoms with Crippen LogP contribution < -0.4 is 9.47 Å². The predicted molar refractivity (Wildman–Crippen MR) is 128 cm³/mol. The molecule has 1 atom stereocenters. The second-order valence-corrected chi connectivity index (χ2v) is 7.92. The van der Waals surface area contributed by atoms with Gasteiger partial charge in [0, 0.05) is 5.56 Å². The molecule has 170 valence electrons. The average molecular weight is 437 g/mol. The normalized spacial score (nSPS) is 11.8. The van der Waals surface area contributed by atoms with Crippen LogP contribution in [0.15, 0.2) is 60.9 Å². The van der Waals surface area contributed by atoms with Crippen LogP contribution in [0.25, 0.3) is 22.5 Å². The van der Waals surface area contributed by atoms with E-state index in [0.717, 1.165) is 23.1 Å². The van der Waals surface area contributed by atoms with Gasteiger partial charge >= 0.3 is 0 Å². The molecule has 0 aliphatic carbocycles. The maximum atomic E-state index is 13.3. The Hall–Kier alpha value is -2.95. The summed E-state index contributed by atoms with van der Waals surface area (Å²) in [7, 11) is 0. The Labute approximate surface area is 190 Å². The highest BCUT2D eigenvalue weighted by atomic mass is 19.1. The molecular formula is C27H33FN2O2. The summed E-state index contributed by atoms with van der Waals surface area (Å²) < 4.78 is 24.6. The van der Waals surface area contributed by atoms with E-state index in [9.17, 15) is 4.39 Å². The van der Waals surface area contributed by atoms with Crippen molar-refractivity contribution in [3.8, 4) is 34.0 Å². The molecule has 0 fully saturated rings. The summed E-state index contributed by atoms with van der Waals surface area (Å²) in [6.45, 7) is 4.82. The molecule has 32 heavy (non-hydrogen) atoms. The third kappa shape index (κ3) is 7.33. The number of halogens is 1. The van der Waals surface area contributed by atoms with E-state index in [1.807, 2.05) is 55.5 Å². The zero-order chi connectivity index (χ0) is 22.6. The second-order valence-electron chi connectivity index (χ2n) is 7.92. The summed E-state index contributed by atoms with van der Waals surface area (Å²) in [6.07, 6.45) is 9.07. The molecule has 2 aromatic carbocycles. The van der Waals surface area contributed by atoms with Crippen molar-refractivity contribution in [2.75, 3.05) is 13.2 Å². The molecule has 0 amide bonds. The molecule has 1 unspecified atom stereocenters. The van der Waals surface area contributed by atoms with Crippen LogP contribution in [0.2, 0.25) is 0 Å². The van der Waals surface area contributed by atoms with E-state index >= 15 is 0 Å². The summed E-state index contributed by atoms with van der Waals surface area (Å²) >= 11 is 0. The minimum Gasteiger partial charge on any atom is -0.491 e. The molecule has 0 aliphatic heterocycles. The van der Waals surface area contributed by atoms with Gasteiger partial charge in [-0.05, 0) is 36.1 Å². The van der Waals surface area contributed by atoms with E-state index in [-0.39, 0.29) is 6.61 Å². The Morgan fingerprint density at radius 2 is 1.31 bits per heavy atom. The molecular weight excluding hydrogens is 403 g/mol. The van der Waals surface area contributed by atoms with E-state index < -0.39 is 6.17 Å². The van der Waals surface area contributed by atoms with Crippen molar-refractivity contribution in [2.45, 2.75) is 58.5 Å². The van der Waals surface area contributed by atoms with Gasteiger partial charge < -0.3 is 9.47 Å². The molecule has 3 aromatic rings. The van der Waals surface area contributed by atoms with Crippen molar-refractivity contribution < 1.29 is 13.9 Å². The Bertz CT molecular complexity index is 912. The number of ether oxygens (including phenoxy) is 2. The Kier molecular flexibility index (Phi) is 9.48. The number of unbranched alkanes of at least 4 members (excludes halogenated alkanes) is 4. The highest BCUT2D eigenvalue weighted by Gasteiger charge is 2.06. The van der Waals surface area contributed by atoms with Gasteiger partial charge in [0.2, 0.25) is 0 Å². The van der Waals surface area contributed by atoms with Crippen molar-refractivity contribution in [1.82, 2.24) is 9.97 Å². The lowest BCUT2D eigenvalue weighted by atomic mass is 10.0. The monoisotopic (exact) mass is 436 g/mol. The topological polar surface area (TPSA) is 44.2 Å². The number of hydrogen-bond donors (Lipinski definition) is 0. The van der Waals surface area contributed by atoms with Crippen LogP contribution in [0.5, 0.6) is 11.5 Å². The number of alkyl halides is 1. The smallest absolute Gasteiger partial charge is 0.159 e. The number of benzene rings is 2. The van der Waals surface area contributed by atoms with Gasteiger partial charge in [-0.25, -0.2) is 14.4 Å². The van der Waals surface area contributed by atoms with Crippen LogP contribution in [-0.4, -0.2) is 29.4 Å². The molecule has 0 radical (unpaired) electrons. The van der Waals surface area contributed by atoms with Gasteiger partial charge in [-0.3, -0.25) is 0 Å². The predicted octanol–water partition coefficient (Wildman–Crippen LogP) is 7.29. The van der Waals surface area contributed by atoms with Crippen LogP contribution in [0, 0.1) is 0 Å². The fourth-order valence-corrected chi connectivity index (χ4v) is 3.30. The van der Waals surface area contributed by atoms with Crippen molar-refractivity contribution in [3.63, 3.8) is 0 Å². The first kappa shape index (κ1) is 23.7. The highest BCUT2D eigenvalue weighted by Crippen LogP contribution is 2.25. The molecule has 0 saturated carbocycles. The molecule has 0 N–H and O–H groups in total. The van der Waals surface area contributed by atoms with Gasteiger partial charge in [0.15, 0.2) is 11.6 Å². The quantitative estimate of drug-likeness (QED) is 0.264. The van der Waals surface area contributed by atoms with Gasteiger partial charge in [0.05, 0.1) is 19.0 Å². The van der Waals surface area contributed by atoms with E-state index in [1.165, 1.54) is 25.7 Å². The first-order valence-electron chi connectivity index (χ1n) is 11.6. The minimum atomic E-state index is -0.930. The SMILES string of the molecule is CCCCCCCOc1cnc(-c2ccc(-c3ccc(OCC(F)CC)cc3)cc2)nc1. The van der Waals surface area contributed by atoms with Gasteiger partial charge in [0.1, 0.15) is 18.5 Å². The van der Waals surface area contributed by atoms with E-state index in [1.54, 1.807) is 12.4 Å². The fourth-order valence-electron chi connectivity index (χ4n) is 3.30. The number of hydrogen-bond acceptors (Lipinski definition) is 4. The lowest BCUT2D eigenvalue weighted by molar-refractivity contribution is 0.192. The summed E-state index contributed by atoms with van der Waals surface area (Å²) in [6, 6.07) is 15.8. The largest absolute Gasteiger partial charge is 0.491 e. The van der Waals surface area contributed by atoms with Crippen LogP contribution >= 0.6 is 0 Å². The summed E-state index contributed by atoms with van der Waals surface area (Å²) in [5, 5.41) is 0. The zero-order valence-corrected chi connectivity index (χ0v) is 19.1.